The Bertz CT molecular complexity index is 537. The normalized spacial score (nSPS) is 10.8. The zero-order chi connectivity index (χ0) is 18.5. The van der Waals surface area contributed by atoms with Gasteiger partial charge in [-0.3, -0.25) is 0 Å². The Hall–Kier alpha value is -2.20. The standard InChI is InChI=1S/C22H34N4/c23-20-10-8-19(9-11-20)7-4-2-1-3-5-16-25-17-6-18-26-22-14-12-21(24)13-15-22/h8-15,25-26H,1-7,16-18,23-24H2. The third-order valence-electron chi connectivity index (χ3n) is 4.57. The molecule has 2 aromatic carbocycles. The van der Waals surface area contributed by atoms with Crippen LogP contribution in [0.4, 0.5) is 17.1 Å². The number of anilines is 3. The van der Waals surface area contributed by atoms with Crippen LogP contribution in [0.3, 0.4) is 0 Å². The van der Waals surface area contributed by atoms with E-state index in [9.17, 15) is 0 Å². The molecule has 26 heavy (non-hydrogen) atoms. The minimum Gasteiger partial charge on any atom is -0.399 e. The van der Waals surface area contributed by atoms with Crippen LogP contribution in [-0.4, -0.2) is 19.6 Å². The summed E-state index contributed by atoms with van der Waals surface area (Å²) in [5.74, 6) is 0. The Morgan fingerprint density at radius 1 is 0.577 bits per heavy atom. The van der Waals surface area contributed by atoms with Crippen molar-refractivity contribution in [3.05, 3.63) is 54.1 Å². The van der Waals surface area contributed by atoms with Crippen LogP contribution in [0.25, 0.3) is 0 Å². The Balaban J connectivity index is 1.35. The fourth-order valence-corrected chi connectivity index (χ4v) is 2.97. The summed E-state index contributed by atoms with van der Waals surface area (Å²) in [6.45, 7) is 3.18. The van der Waals surface area contributed by atoms with Gasteiger partial charge in [0, 0.05) is 23.6 Å². The number of rotatable bonds is 13. The van der Waals surface area contributed by atoms with Crippen LogP contribution in [0.5, 0.6) is 0 Å². The Morgan fingerprint density at radius 2 is 1.15 bits per heavy atom. The van der Waals surface area contributed by atoms with Crippen molar-refractivity contribution in [3.8, 4) is 0 Å². The number of benzene rings is 2. The molecule has 0 fully saturated rings. The molecule has 4 heteroatoms. The maximum absolute atomic E-state index is 5.71. The smallest absolute Gasteiger partial charge is 0.0341 e. The molecule has 6 N–H and O–H groups in total. The summed E-state index contributed by atoms with van der Waals surface area (Å²) in [6, 6.07) is 16.2. The summed E-state index contributed by atoms with van der Waals surface area (Å²) in [5, 5.41) is 6.94. The third-order valence-corrected chi connectivity index (χ3v) is 4.57. The Morgan fingerprint density at radius 3 is 1.88 bits per heavy atom. The molecule has 2 rings (SSSR count). The number of hydrogen-bond donors (Lipinski definition) is 4. The van der Waals surface area contributed by atoms with Crippen molar-refractivity contribution in [1.82, 2.24) is 5.32 Å². The van der Waals surface area contributed by atoms with E-state index < -0.39 is 0 Å². The first-order chi connectivity index (χ1) is 12.7. The maximum Gasteiger partial charge on any atom is 0.0341 e. The van der Waals surface area contributed by atoms with Crippen molar-refractivity contribution >= 4 is 17.1 Å². The number of unbranched alkanes of at least 4 members (excludes halogenated alkanes) is 4. The lowest BCUT2D eigenvalue weighted by molar-refractivity contribution is 0.571. The van der Waals surface area contributed by atoms with Gasteiger partial charge in [0.2, 0.25) is 0 Å². The van der Waals surface area contributed by atoms with E-state index in [-0.39, 0.29) is 0 Å². The summed E-state index contributed by atoms with van der Waals surface area (Å²) >= 11 is 0. The fraction of sp³-hybridized carbons (Fsp3) is 0.455. The average Bonchev–Trinajstić information content (AvgIpc) is 2.65. The second-order valence-electron chi connectivity index (χ2n) is 6.91. The van der Waals surface area contributed by atoms with Gasteiger partial charge in [-0.25, -0.2) is 0 Å². The van der Waals surface area contributed by atoms with Gasteiger partial charge in [0.15, 0.2) is 0 Å². The second-order valence-corrected chi connectivity index (χ2v) is 6.91. The van der Waals surface area contributed by atoms with Crippen LogP contribution < -0.4 is 22.1 Å². The van der Waals surface area contributed by atoms with Gasteiger partial charge < -0.3 is 22.1 Å². The highest BCUT2D eigenvalue weighted by Crippen LogP contribution is 2.11. The number of nitrogens with two attached hydrogens (primary N) is 2. The van der Waals surface area contributed by atoms with E-state index in [2.05, 4.69) is 22.8 Å². The van der Waals surface area contributed by atoms with Crippen molar-refractivity contribution in [2.24, 2.45) is 0 Å². The van der Waals surface area contributed by atoms with E-state index in [1.54, 1.807) is 0 Å². The largest absolute Gasteiger partial charge is 0.399 e. The highest BCUT2D eigenvalue weighted by atomic mass is 14.9. The molecule has 0 unspecified atom stereocenters. The lowest BCUT2D eigenvalue weighted by atomic mass is 10.1. The molecule has 0 saturated heterocycles. The zero-order valence-corrected chi connectivity index (χ0v) is 15.8. The van der Waals surface area contributed by atoms with E-state index in [0.717, 1.165) is 43.1 Å². The van der Waals surface area contributed by atoms with E-state index in [4.69, 9.17) is 11.5 Å². The number of nitrogen functional groups attached to an aromatic ring is 2. The summed E-state index contributed by atoms with van der Waals surface area (Å²) in [7, 11) is 0. The summed E-state index contributed by atoms with van der Waals surface area (Å²) in [5.41, 5.74) is 15.6. The molecule has 0 spiro atoms. The van der Waals surface area contributed by atoms with Crippen molar-refractivity contribution in [2.45, 2.75) is 44.9 Å². The molecule has 0 amide bonds. The molecule has 0 radical (unpaired) electrons. The van der Waals surface area contributed by atoms with Crippen molar-refractivity contribution < 1.29 is 0 Å². The fourth-order valence-electron chi connectivity index (χ4n) is 2.97. The van der Waals surface area contributed by atoms with Gasteiger partial charge in [-0.1, -0.05) is 31.4 Å². The van der Waals surface area contributed by atoms with Crippen LogP contribution in [-0.2, 0) is 6.42 Å². The van der Waals surface area contributed by atoms with Crippen molar-refractivity contribution in [1.29, 1.82) is 0 Å². The minimum atomic E-state index is 0.808. The number of aryl methyl sites for hydroxylation is 1. The molecule has 0 aliphatic rings. The van der Waals surface area contributed by atoms with E-state index in [0.29, 0.717) is 0 Å². The summed E-state index contributed by atoms with van der Waals surface area (Å²) < 4.78 is 0. The van der Waals surface area contributed by atoms with Crippen molar-refractivity contribution in [3.63, 3.8) is 0 Å². The molecule has 0 heterocycles. The van der Waals surface area contributed by atoms with Crippen LogP contribution in [0.2, 0.25) is 0 Å². The Labute approximate surface area is 158 Å². The molecule has 0 saturated carbocycles. The van der Waals surface area contributed by atoms with E-state index in [1.807, 2.05) is 36.4 Å². The predicted molar refractivity (Wildman–Crippen MR) is 114 cm³/mol. The monoisotopic (exact) mass is 354 g/mol. The van der Waals surface area contributed by atoms with Gasteiger partial charge in [-0.15, -0.1) is 0 Å². The first kappa shape index (κ1) is 20.1. The number of hydrogen-bond acceptors (Lipinski definition) is 4. The molecule has 142 valence electrons. The van der Waals surface area contributed by atoms with Crippen LogP contribution >= 0.6 is 0 Å². The van der Waals surface area contributed by atoms with Crippen LogP contribution in [0.15, 0.2) is 48.5 Å². The lowest BCUT2D eigenvalue weighted by Gasteiger charge is -2.08. The van der Waals surface area contributed by atoms with E-state index in [1.165, 1.54) is 44.1 Å². The summed E-state index contributed by atoms with van der Waals surface area (Å²) in [4.78, 5) is 0. The Kier molecular flexibility index (Phi) is 9.44. The van der Waals surface area contributed by atoms with Gasteiger partial charge in [0.1, 0.15) is 0 Å². The van der Waals surface area contributed by atoms with Crippen molar-refractivity contribution in [2.75, 3.05) is 36.4 Å². The first-order valence-corrected chi connectivity index (χ1v) is 9.88. The number of nitrogens with one attached hydrogen (secondary N) is 2. The van der Waals surface area contributed by atoms with E-state index >= 15 is 0 Å². The topological polar surface area (TPSA) is 76.1 Å². The quantitative estimate of drug-likeness (QED) is 0.317. The molecule has 0 aliphatic carbocycles. The van der Waals surface area contributed by atoms with Gasteiger partial charge in [0.05, 0.1) is 0 Å². The molecule has 0 aliphatic heterocycles. The average molecular weight is 355 g/mol. The molecule has 0 aromatic heterocycles. The maximum atomic E-state index is 5.71. The van der Waals surface area contributed by atoms with Gasteiger partial charge in [-0.2, -0.15) is 0 Å². The molecule has 0 bridgehead atoms. The molecule has 4 nitrogen and oxygen atoms in total. The minimum absolute atomic E-state index is 0.808. The molecule has 2 aromatic rings. The molecular weight excluding hydrogens is 320 g/mol. The highest BCUT2D eigenvalue weighted by molar-refractivity contribution is 5.51. The van der Waals surface area contributed by atoms with Gasteiger partial charge >= 0.3 is 0 Å². The summed E-state index contributed by atoms with van der Waals surface area (Å²) in [6.07, 6.45) is 8.80. The molecular formula is C22H34N4. The zero-order valence-electron chi connectivity index (χ0n) is 15.8. The SMILES string of the molecule is Nc1ccc(CCCCCCCNCCCNc2ccc(N)cc2)cc1. The van der Waals surface area contributed by atoms with Gasteiger partial charge in [-0.05, 0) is 80.7 Å². The van der Waals surface area contributed by atoms with Gasteiger partial charge in [0.25, 0.3) is 0 Å². The highest BCUT2D eigenvalue weighted by Gasteiger charge is 1.95. The third kappa shape index (κ3) is 8.77. The van der Waals surface area contributed by atoms with Crippen LogP contribution in [0.1, 0.15) is 44.1 Å². The predicted octanol–water partition coefficient (Wildman–Crippen LogP) is 4.44. The van der Waals surface area contributed by atoms with Crippen LogP contribution in [0, 0.1) is 0 Å². The second kappa shape index (κ2) is 12.2. The lowest BCUT2D eigenvalue weighted by Crippen LogP contribution is -2.19. The first-order valence-electron chi connectivity index (χ1n) is 9.88. The molecule has 0 atom stereocenters.